The van der Waals surface area contributed by atoms with Gasteiger partial charge < -0.3 is 9.64 Å². The monoisotopic (exact) mass is 456 g/mol. The summed E-state index contributed by atoms with van der Waals surface area (Å²) in [6.45, 7) is 1.63. The van der Waals surface area contributed by atoms with E-state index in [0.717, 1.165) is 11.3 Å². The van der Waals surface area contributed by atoms with Crippen LogP contribution in [-0.2, 0) is 21.1 Å². The number of aromatic nitrogens is 1. The fourth-order valence-corrected chi connectivity index (χ4v) is 6.42. The molecule has 0 unspecified atom stereocenters. The number of carbonyl (C=O) groups is 1. The van der Waals surface area contributed by atoms with Gasteiger partial charge in [0.25, 0.3) is 0 Å². The molecule has 6 nitrogen and oxygen atoms in total. The smallest absolute Gasteiger partial charge is 0.227 e. The molecule has 7 heteroatoms. The van der Waals surface area contributed by atoms with Gasteiger partial charge >= 0.3 is 0 Å². The lowest BCUT2D eigenvalue weighted by Crippen LogP contribution is -2.43. The van der Waals surface area contributed by atoms with E-state index in [0.29, 0.717) is 49.8 Å². The summed E-state index contributed by atoms with van der Waals surface area (Å²) >= 11 is 0. The van der Waals surface area contributed by atoms with Gasteiger partial charge in [0.1, 0.15) is 5.75 Å². The molecule has 2 aromatic rings. The topological polar surface area (TPSA) is 76.6 Å². The molecule has 2 fully saturated rings. The molecule has 1 saturated heterocycles. The predicted molar refractivity (Wildman–Crippen MR) is 123 cm³/mol. The SMILES string of the molecule is O=C(Cc1cccnc1)N1CCC(S(=O)(=O)c2ccc(OCC3CCCCC3)cc2)CC1. The lowest BCUT2D eigenvalue weighted by atomic mass is 9.90. The van der Waals surface area contributed by atoms with Crippen LogP contribution in [0.25, 0.3) is 0 Å². The molecule has 1 aliphatic heterocycles. The molecule has 172 valence electrons. The van der Waals surface area contributed by atoms with E-state index >= 15 is 0 Å². The summed E-state index contributed by atoms with van der Waals surface area (Å²) in [7, 11) is -3.43. The van der Waals surface area contributed by atoms with Crippen molar-refractivity contribution in [1.82, 2.24) is 9.88 Å². The molecule has 0 atom stereocenters. The lowest BCUT2D eigenvalue weighted by Gasteiger charge is -2.32. The number of sulfone groups is 1. The zero-order valence-electron chi connectivity index (χ0n) is 18.5. The van der Waals surface area contributed by atoms with Gasteiger partial charge in [0.2, 0.25) is 5.91 Å². The Balaban J connectivity index is 1.29. The van der Waals surface area contributed by atoms with Crippen molar-refractivity contribution in [3.8, 4) is 5.75 Å². The minimum absolute atomic E-state index is 0.0216. The van der Waals surface area contributed by atoms with Crippen LogP contribution in [0.2, 0.25) is 0 Å². The van der Waals surface area contributed by atoms with E-state index in [1.54, 1.807) is 41.6 Å². The molecule has 1 saturated carbocycles. The van der Waals surface area contributed by atoms with Crippen molar-refractivity contribution in [3.63, 3.8) is 0 Å². The predicted octanol–water partition coefficient (Wildman–Crippen LogP) is 4.05. The highest BCUT2D eigenvalue weighted by Gasteiger charge is 2.32. The van der Waals surface area contributed by atoms with Gasteiger partial charge in [0, 0.05) is 25.5 Å². The van der Waals surface area contributed by atoms with Gasteiger partial charge in [0.15, 0.2) is 9.84 Å². The molecular formula is C25H32N2O4S. The van der Waals surface area contributed by atoms with Crippen molar-refractivity contribution in [2.75, 3.05) is 19.7 Å². The van der Waals surface area contributed by atoms with Crippen LogP contribution in [-0.4, -0.2) is 49.2 Å². The standard InChI is InChI=1S/C25H32N2O4S/c28-25(17-21-7-4-14-26-18-21)27-15-12-24(13-16-27)32(29,30)23-10-8-22(9-11-23)31-19-20-5-2-1-3-6-20/h4,7-11,14,18,20,24H,1-3,5-6,12-13,15-17,19H2. The highest BCUT2D eigenvalue weighted by molar-refractivity contribution is 7.92. The van der Waals surface area contributed by atoms with Gasteiger partial charge in [-0.1, -0.05) is 25.3 Å². The second-order valence-corrected chi connectivity index (χ2v) is 11.2. The Hall–Kier alpha value is -2.41. The molecule has 1 amide bonds. The number of hydrogen-bond donors (Lipinski definition) is 0. The van der Waals surface area contributed by atoms with E-state index in [4.69, 9.17) is 4.74 Å². The summed E-state index contributed by atoms with van der Waals surface area (Å²) in [4.78, 5) is 18.7. The number of pyridine rings is 1. The number of nitrogens with zero attached hydrogens (tertiary/aromatic N) is 2. The molecule has 0 radical (unpaired) electrons. The Bertz CT molecular complexity index is 978. The normalized spacial score (nSPS) is 18.4. The quantitative estimate of drug-likeness (QED) is 0.628. The Morgan fingerprint density at radius 3 is 2.38 bits per heavy atom. The molecule has 4 rings (SSSR count). The molecular weight excluding hydrogens is 424 g/mol. The fourth-order valence-electron chi connectivity index (χ4n) is 4.69. The van der Waals surface area contributed by atoms with Crippen molar-refractivity contribution in [2.24, 2.45) is 5.92 Å². The highest BCUT2D eigenvalue weighted by atomic mass is 32.2. The first-order valence-corrected chi connectivity index (χ1v) is 13.2. The average Bonchev–Trinajstić information content (AvgIpc) is 2.84. The number of hydrogen-bond acceptors (Lipinski definition) is 5. The Morgan fingerprint density at radius 1 is 1.00 bits per heavy atom. The minimum Gasteiger partial charge on any atom is -0.493 e. The summed E-state index contributed by atoms with van der Waals surface area (Å²) in [5.41, 5.74) is 0.873. The van der Waals surface area contributed by atoms with Crippen molar-refractivity contribution < 1.29 is 17.9 Å². The fraction of sp³-hybridized carbons (Fsp3) is 0.520. The van der Waals surface area contributed by atoms with Crippen molar-refractivity contribution in [2.45, 2.75) is 61.5 Å². The largest absolute Gasteiger partial charge is 0.493 e. The Labute approximate surface area is 190 Å². The van der Waals surface area contributed by atoms with Crippen LogP contribution < -0.4 is 4.74 Å². The van der Waals surface area contributed by atoms with Gasteiger partial charge in [-0.05, 0) is 67.5 Å². The molecule has 0 bridgehead atoms. The molecule has 1 aromatic heterocycles. The summed E-state index contributed by atoms with van der Waals surface area (Å²) in [6, 6.07) is 10.5. The van der Waals surface area contributed by atoms with Crippen LogP contribution in [0.3, 0.4) is 0 Å². The van der Waals surface area contributed by atoms with Crippen LogP contribution in [0.1, 0.15) is 50.5 Å². The van der Waals surface area contributed by atoms with Gasteiger partial charge in [-0.3, -0.25) is 9.78 Å². The number of benzene rings is 1. The van der Waals surface area contributed by atoms with E-state index in [-0.39, 0.29) is 5.91 Å². The summed E-state index contributed by atoms with van der Waals surface area (Å²) in [5, 5.41) is -0.459. The second kappa shape index (κ2) is 10.5. The van der Waals surface area contributed by atoms with Crippen molar-refractivity contribution in [1.29, 1.82) is 0 Å². The third-order valence-corrected chi connectivity index (χ3v) is 8.95. The van der Waals surface area contributed by atoms with E-state index < -0.39 is 15.1 Å². The zero-order chi connectivity index (χ0) is 22.4. The molecule has 0 spiro atoms. The molecule has 2 aliphatic rings. The molecule has 0 N–H and O–H groups in total. The van der Waals surface area contributed by atoms with Crippen LogP contribution in [0.15, 0.2) is 53.7 Å². The van der Waals surface area contributed by atoms with E-state index in [9.17, 15) is 13.2 Å². The maximum absolute atomic E-state index is 13.1. The number of amides is 1. The van der Waals surface area contributed by atoms with Crippen LogP contribution in [0.4, 0.5) is 0 Å². The third-order valence-electron chi connectivity index (χ3n) is 6.67. The first-order chi connectivity index (χ1) is 15.5. The van der Waals surface area contributed by atoms with Crippen molar-refractivity contribution in [3.05, 3.63) is 54.4 Å². The van der Waals surface area contributed by atoms with E-state index in [1.807, 2.05) is 12.1 Å². The van der Waals surface area contributed by atoms with Crippen LogP contribution in [0, 0.1) is 5.92 Å². The number of ether oxygens (including phenoxy) is 1. The minimum atomic E-state index is -3.43. The van der Waals surface area contributed by atoms with Gasteiger partial charge in [-0.2, -0.15) is 0 Å². The molecule has 1 aliphatic carbocycles. The maximum Gasteiger partial charge on any atom is 0.227 e. The van der Waals surface area contributed by atoms with Crippen LogP contribution >= 0.6 is 0 Å². The lowest BCUT2D eigenvalue weighted by molar-refractivity contribution is -0.131. The molecule has 32 heavy (non-hydrogen) atoms. The highest BCUT2D eigenvalue weighted by Crippen LogP contribution is 2.28. The molecule has 2 heterocycles. The zero-order valence-corrected chi connectivity index (χ0v) is 19.3. The summed E-state index contributed by atoms with van der Waals surface area (Å²) in [5.74, 6) is 1.36. The molecule has 1 aromatic carbocycles. The Morgan fingerprint density at radius 2 is 1.72 bits per heavy atom. The van der Waals surface area contributed by atoms with Gasteiger partial charge in [-0.25, -0.2) is 8.42 Å². The maximum atomic E-state index is 13.1. The number of piperidine rings is 1. The van der Waals surface area contributed by atoms with Crippen LogP contribution in [0.5, 0.6) is 5.75 Å². The second-order valence-electron chi connectivity index (χ2n) is 8.95. The summed E-state index contributed by atoms with van der Waals surface area (Å²) < 4.78 is 32.1. The average molecular weight is 457 g/mol. The first kappa shape index (κ1) is 22.8. The Kier molecular flexibility index (Phi) is 7.45. The summed E-state index contributed by atoms with van der Waals surface area (Å²) in [6.07, 6.45) is 10.9. The number of carbonyl (C=O) groups excluding carboxylic acids is 1. The van der Waals surface area contributed by atoms with E-state index in [1.165, 1.54) is 32.1 Å². The van der Waals surface area contributed by atoms with Gasteiger partial charge in [-0.15, -0.1) is 0 Å². The van der Waals surface area contributed by atoms with Gasteiger partial charge in [0.05, 0.1) is 23.2 Å². The third kappa shape index (κ3) is 5.68. The van der Waals surface area contributed by atoms with Crippen molar-refractivity contribution >= 4 is 15.7 Å². The first-order valence-electron chi connectivity index (χ1n) is 11.7. The number of rotatable bonds is 7. The van der Waals surface area contributed by atoms with E-state index in [2.05, 4.69) is 4.98 Å². The number of likely N-dealkylation sites (tertiary alicyclic amines) is 1.